The van der Waals surface area contributed by atoms with Crippen molar-refractivity contribution >= 4 is 5.69 Å². The predicted octanol–water partition coefficient (Wildman–Crippen LogP) is 1.91. The zero-order valence-electron chi connectivity index (χ0n) is 7.43. The molecule has 0 spiro atoms. The van der Waals surface area contributed by atoms with Gasteiger partial charge in [0.15, 0.2) is 6.61 Å². The highest BCUT2D eigenvalue weighted by Gasteiger charge is 2.28. The molecule has 0 aliphatic rings. The van der Waals surface area contributed by atoms with Crippen LogP contribution in [-0.4, -0.2) is 17.8 Å². The third-order valence-corrected chi connectivity index (χ3v) is 1.51. The molecule has 0 radical (unpaired) electrons. The Kier molecular flexibility index (Phi) is 2.83. The molecule has 0 atom stereocenters. The second-order valence-corrected chi connectivity index (χ2v) is 2.78. The molecule has 78 valence electrons. The minimum Gasteiger partial charge on any atom is -0.468 e. The van der Waals surface area contributed by atoms with Crippen molar-refractivity contribution in [2.45, 2.75) is 13.1 Å². The van der Waals surface area contributed by atoms with Crippen molar-refractivity contribution in [3.63, 3.8) is 0 Å². The number of aryl methyl sites for hydroxylation is 1. The predicted molar refractivity (Wildman–Crippen MR) is 44.9 cm³/mol. The maximum Gasteiger partial charge on any atom is 0.422 e. The van der Waals surface area contributed by atoms with Crippen LogP contribution in [0.2, 0.25) is 0 Å². The second kappa shape index (κ2) is 3.73. The SMILES string of the molecule is Cc1cc(OCC(F)(F)F)ncc1N. The van der Waals surface area contributed by atoms with Crippen LogP contribution in [0.5, 0.6) is 5.88 Å². The molecule has 0 bridgehead atoms. The highest BCUT2D eigenvalue weighted by molar-refractivity contribution is 5.45. The minimum absolute atomic E-state index is 0.0750. The van der Waals surface area contributed by atoms with Gasteiger partial charge < -0.3 is 10.5 Å². The van der Waals surface area contributed by atoms with Gasteiger partial charge in [0.25, 0.3) is 0 Å². The Morgan fingerprint density at radius 1 is 1.50 bits per heavy atom. The van der Waals surface area contributed by atoms with Gasteiger partial charge in [-0.25, -0.2) is 4.98 Å². The number of hydrogen-bond acceptors (Lipinski definition) is 3. The fourth-order valence-corrected chi connectivity index (χ4v) is 0.776. The molecular formula is C8H9F3N2O. The van der Waals surface area contributed by atoms with E-state index < -0.39 is 12.8 Å². The molecular weight excluding hydrogens is 197 g/mol. The summed E-state index contributed by atoms with van der Waals surface area (Å²) in [5.41, 5.74) is 6.49. The van der Waals surface area contributed by atoms with Crippen molar-refractivity contribution in [1.82, 2.24) is 4.98 Å². The number of alkyl halides is 3. The van der Waals surface area contributed by atoms with Gasteiger partial charge in [0.05, 0.1) is 11.9 Å². The lowest BCUT2D eigenvalue weighted by Gasteiger charge is -2.09. The van der Waals surface area contributed by atoms with Crippen LogP contribution in [0.1, 0.15) is 5.56 Å². The Hall–Kier alpha value is -1.46. The molecule has 0 saturated heterocycles. The summed E-state index contributed by atoms with van der Waals surface area (Å²) in [6.45, 7) is 0.320. The van der Waals surface area contributed by atoms with E-state index in [1.165, 1.54) is 12.3 Å². The monoisotopic (exact) mass is 206 g/mol. The number of rotatable bonds is 2. The van der Waals surface area contributed by atoms with Crippen molar-refractivity contribution in [3.05, 3.63) is 17.8 Å². The van der Waals surface area contributed by atoms with Gasteiger partial charge in [-0.1, -0.05) is 0 Å². The molecule has 1 aromatic rings. The van der Waals surface area contributed by atoms with Crippen molar-refractivity contribution < 1.29 is 17.9 Å². The van der Waals surface area contributed by atoms with Crippen LogP contribution in [0, 0.1) is 6.92 Å². The Morgan fingerprint density at radius 3 is 2.64 bits per heavy atom. The van der Waals surface area contributed by atoms with E-state index in [4.69, 9.17) is 5.73 Å². The zero-order valence-corrected chi connectivity index (χ0v) is 7.43. The fourth-order valence-electron chi connectivity index (χ4n) is 0.776. The van der Waals surface area contributed by atoms with Gasteiger partial charge in [-0.15, -0.1) is 0 Å². The van der Waals surface area contributed by atoms with E-state index in [1.807, 2.05) is 0 Å². The number of halogens is 3. The summed E-state index contributed by atoms with van der Waals surface area (Å²) in [4.78, 5) is 3.59. The van der Waals surface area contributed by atoms with Crippen LogP contribution < -0.4 is 10.5 Å². The molecule has 0 aliphatic heterocycles. The molecule has 1 aromatic heterocycles. The van der Waals surface area contributed by atoms with E-state index in [-0.39, 0.29) is 5.88 Å². The van der Waals surface area contributed by atoms with Gasteiger partial charge in [0, 0.05) is 6.07 Å². The van der Waals surface area contributed by atoms with Gasteiger partial charge in [0.2, 0.25) is 5.88 Å². The van der Waals surface area contributed by atoms with Crippen molar-refractivity contribution in [3.8, 4) is 5.88 Å². The molecule has 0 fully saturated rings. The molecule has 0 unspecified atom stereocenters. The first kappa shape index (κ1) is 10.6. The number of nitrogens with zero attached hydrogens (tertiary/aromatic N) is 1. The molecule has 1 heterocycles. The van der Waals surface area contributed by atoms with Crippen LogP contribution in [0.3, 0.4) is 0 Å². The first-order chi connectivity index (χ1) is 6.38. The highest BCUT2D eigenvalue weighted by Crippen LogP contribution is 2.19. The van der Waals surface area contributed by atoms with Gasteiger partial charge >= 0.3 is 6.18 Å². The summed E-state index contributed by atoms with van der Waals surface area (Å²) in [7, 11) is 0. The quantitative estimate of drug-likeness (QED) is 0.804. The summed E-state index contributed by atoms with van der Waals surface area (Å²) in [5.74, 6) is -0.0750. The van der Waals surface area contributed by atoms with Crippen LogP contribution in [-0.2, 0) is 0 Å². The maximum atomic E-state index is 11.7. The van der Waals surface area contributed by atoms with Crippen LogP contribution in [0.4, 0.5) is 18.9 Å². The van der Waals surface area contributed by atoms with Gasteiger partial charge in [-0.2, -0.15) is 13.2 Å². The van der Waals surface area contributed by atoms with E-state index in [0.717, 1.165) is 0 Å². The molecule has 0 amide bonds. The van der Waals surface area contributed by atoms with E-state index in [9.17, 15) is 13.2 Å². The average molecular weight is 206 g/mol. The molecule has 0 saturated carbocycles. The number of anilines is 1. The number of nitrogens with two attached hydrogens (primary N) is 1. The second-order valence-electron chi connectivity index (χ2n) is 2.78. The Morgan fingerprint density at radius 2 is 2.14 bits per heavy atom. The molecule has 2 N–H and O–H groups in total. The van der Waals surface area contributed by atoms with Crippen LogP contribution >= 0.6 is 0 Å². The van der Waals surface area contributed by atoms with Crippen molar-refractivity contribution in [2.75, 3.05) is 12.3 Å². The Balaban J connectivity index is 2.65. The van der Waals surface area contributed by atoms with Gasteiger partial charge in [-0.05, 0) is 12.5 Å². The van der Waals surface area contributed by atoms with Crippen LogP contribution in [0.15, 0.2) is 12.3 Å². The first-order valence-electron chi connectivity index (χ1n) is 3.80. The highest BCUT2D eigenvalue weighted by atomic mass is 19.4. The number of ether oxygens (including phenoxy) is 1. The Labute approximate surface area is 78.7 Å². The third kappa shape index (κ3) is 3.12. The molecule has 6 heteroatoms. The van der Waals surface area contributed by atoms with E-state index >= 15 is 0 Å². The standard InChI is InChI=1S/C8H9F3N2O/c1-5-2-7(13-3-6(5)12)14-4-8(9,10)11/h2-3H,4,12H2,1H3. The summed E-state index contributed by atoms with van der Waals surface area (Å²) in [6.07, 6.45) is -3.09. The topological polar surface area (TPSA) is 48.1 Å². The van der Waals surface area contributed by atoms with E-state index in [1.54, 1.807) is 6.92 Å². The van der Waals surface area contributed by atoms with Crippen molar-refractivity contribution in [1.29, 1.82) is 0 Å². The molecule has 0 aromatic carbocycles. The first-order valence-corrected chi connectivity index (χ1v) is 3.80. The number of aromatic nitrogens is 1. The van der Waals surface area contributed by atoms with Gasteiger partial charge in [-0.3, -0.25) is 0 Å². The third-order valence-electron chi connectivity index (χ3n) is 1.51. The number of hydrogen-bond donors (Lipinski definition) is 1. The number of pyridine rings is 1. The zero-order chi connectivity index (χ0) is 10.8. The lowest BCUT2D eigenvalue weighted by Crippen LogP contribution is -2.19. The van der Waals surface area contributed by atoms with Gasteiger partial charge in [0.1, 0.15) is 0 Å². The molecule has 14 heavy (non-hydrogen) atoms. The Bertz CT molecular complexity index is 325. The van der Waals surface area contributed by atoms with Crippen LogP contribution in [0.25, 0.3) is 0 Å². The summed E-state index contributed by atoms with van der Waals surface area (Å²) < 4.78 is 39.6. The number of nitrogen functional groups attached to an aromatic ring is 1. The lowest BCUT2D eigenvalue weighted by molar-refractivity contribution is -0.154. The fraction of sp³-hybridized carbons (Fsp3) is 0.375. The van der Waals surface area contributed by atoms with Crippen molar-refractivity contribution in [2.24, 2.45) is 0 Å². The van der Waals surface area contributed by atoms with E-state index in [2.05, 4.69) is 9.72 Å². The van der Waals surface area contributed by atoms with E-state index in [0.29, 0.717) is 11.3 Å². The summed E-state index contributed by atoms with van der Waals surface area (Å²) in [6, 6.07) is 1.36. The summed E-state index contributed by atoms with van der Waals surface area (Å²) >= 11 is 0. The maximum absolute atomic E-state index is 11.7. The summed E-state index contributed by atoms with van der Waals surface area (Å²) in [5, 5.41) is 0. The molecule has 1 rings (SSSR count). The normalized spacial score (nSPS) is 11.4. The lowest BCUT2D eigenvalue weighted by atomic mass is 10.2. The molecule has 0 aliphatic carbocycles. The molecule has 3 nitrogen and oxygen atoms in total. The smallest absolute Gasteiger partial charge is 0.422 e. The minimum atomic E-state index is -4.35. The largest absolute Gasteiger partial charge is 0.468 e. The average Bonchev–Trinajstić information content (AvgIpc) is 2.06.